The van der Waals surface area contributed by atoms with Gasteiger partial charge in [-0.25, -0.2) is 18.4 Å². The molecular formula is C14H17BrN4O3S3. The van der Waals surface area contributed by atoms with Gasteiger partial charge in [-0.15, -0.1) is 11.3 Å². The van der Waals surface area contributed by atoms with Gasteiger partial charge in [-0.3, -0.25) is 4.79 Å². The minimum Gasteiger partial charge on any atom is -0.382 e. The van der Waals surface area contributed by atoms with Crippen LogP contribution in [0.25, 0.3) is 0 Å². The zero-order valence-electron chi connectivity index (χ0n) is 13.5. The van der Waals surface area contributed by atoms with E-state index in [1.165, 1.54) is 12.3 Å². The minimum atomic E-state index is -3.77. The van der Waals surface area contributed by atoms with Crippen LogP contribution in [0.15, 0.2) is 36.4 Å². The molecule has 0 saturated carbocycles. The van der Waals surface area contributed by atoms with Gasteiger partial charge in [0.05, 0.1) is 15.7 Å². The molecule has 1 atom stereocenters. The van der Waals surface area contributed by atoms with E-state index in [0.717, 1.165) is 29.5 Å². The first-order chi connectivity index (χ1) is 11.7. The Morgan fingerprint density at radius 2 is 2.20 bits per heavy atom. The second-order valence-electron chi connectivity index (χ2n) is 5.13. The summed E-state index contributed by atoms with van der Waals surface area (Å²) >= 11 is 5.42. The molecule has 0 aliphatic carbocycles. The molecule has 11 heteroatoms. The quantitative estimate of drug-likeness (QED) is 0.477. The van der Waals surface area contributed by atoms with E-state index in [1.807, 2.05) is 13.8 Å². The van der Waals surface area contributed by atoms with Crippen LogP contribution in [0, 0.1) is 0 Å². The smallest absolute Gasteiger partial charge is 0.230 e. The molecule has 2 rings (SSSR count). The lowest BCUT2D eigenvalue weighted by atomic mass is 10.3. The number of nitrogens with one attached hydrogen (secondary N) is 1. The van der Waals surface area contributed by atoms with Crippen molar-refractivity contribution in [3.63, 3.8) is 0 Å². The fourth-order valence-electron chi connectivity index (χ4n) is 1.74. The Hall–Kier alpha value is -1.17. The van der Waals surface area contributed by atoms with E-state index >= 15 is 0 Å². The van der Waals surface area contributed by atoms with E-state index in [-0.39, 0.29) is 37.8 Å². The summed E-state index contributed by atoms with van der Waals surface area (Å²) < 4.78 is 26.0. The van der Waals surface area contributed by atoms with Crippen molar-refractivity contribution in [2.45, 2.75) is 40.6 Å². The van der Waals surface area contributed by atoms with Crippen LogP contribution in [0.5, 0.6) is 0 Å². The summed E-state index contributed by atoms with van der Waals surface area (Å²) in [4.78, 5) is 19.6. The predicted octanol–water partition coefficient (Wildman–Crippen LogP) is 2.72. The molecule has 1 unspecified atom stereocenters. The topological polar surface area (TPSA) is 115 Å². The van der Waals surface area contributed by atoms with Gasteiger partial charge in [-0.05, 0) is 41.4 Å². The van der Waals surface area contributed by atoms with Crippen LogP contribution in [0.4, 0.5) is 5.82 Å². The summed E-state index contributed by atoms with van der Waals surface area (Å²) in [5.41, 5.74) is 5.81. The monoisotopic (exact) mass is 464 g/mol. The molecule has 3 N–H and O–H groups in total. The first kappa shape index (κ1) is 20.1. The molecule has 0 spiro atoms. The Balaban J connectivity index is 2.12. The van der Waals surface area contributed by atoms with Gasteiger partial charge < -0.3 is 11.1 Å². The molecule has 0 aliphatic rings. The molecule has 0 saturated heterocycles. The van der Waals surface area contributed by atoms with Gasteiger partial charge in [0.1, 0.15) is 14.9 Å². The highest BCUT2D eigenvalue weighted by Gasteiger charge is 2.24. The van der Waals surface area contributed by atoms with Gasteiger partial charge in [0, 0.05) is 6.04 Å². The summed E-state index contributed by atoms with van der Waals surface area (Å²) in [5, 5.41) is 3.08. The van der Waals surface area contributed by atoms with Crippen molar-refractivity contribution in [3.8, 4) is 0 Å². The zero-order chi connectivity index (χ0) is 18.6. The normalized spacial score (nSPS) is 12.8. The number of hydrogen-bond acceptors (Lipinski definition) is 8. The number of aromatic nitrogens is 2. The maximum absolute atomic E-state index is 12.6. The third kappa shape index (κ3) is 5.16. The average molecular weight is 465 g/mol. The number of thiophene rings is 1. The van der Waals surface area contributed by atoms with Crippen molar-refractivity contribution in [2.75, 3.05) is 11.5 Å². The van der Waals surface area contributed by atoms with Crippen LogP contribution in [-0.2, 0) is 14.6 Å². The summed E-state index contributed by atoms with van der Waals surface area (Å²) in [7, 11) is -3.77. The Kier molecular flexibility index (Phi) is 6.83. The van der Waals surface area contributed by atoms with Gasteiger partial charge in [0.15, 0.2) is 5.16 Å². The Morgan fingerprint density at radius 3 is 2.76 bits per heavy atom. The standard InChI is InChI=1S/C14H17BrN4O3S3/c1-3-8(2)18-11(20)7-23-14-17-6-9(13(16)19-14)25(21,22)12-5-4-10(15)24-12/h4-6,8H,3,7H2,1-2H3,(H,18,20)(H2,16,17,19). The lowest BCUT2D eigenvalue weighted by molar-refractivity contribution is -0.119. The molecule has 25 heavy (non-hydrogen) atoms. The minimum absolute atomic E-state index is 0.0942. The van der Waals surface area contributed by atoms with E-state index in [4.69, 9.17) is 5.73 Å². The number of thioether (sulfide) groups is 1. The lowest BCUT2D eigenvalue weighted by Crippen LogP contribution is -2.33. The van der Waals surface area contributed by atoms with Gasteiger partial charge in [-0.2, -0.15) is 0 Å². The molecule has 0 aromatic carbocycles. The van der Waals surface area contributed by atoms with E-state index in [1.54, 1.807) is 6.07 Å². The molecule has 2 aromatic rings. The fraction of sp³-hybridized carbons (Fsp3) is 0.357. The number of anilines is 1. The first-order valence-electron chi connectivity index (χ1n) is 7.29. The molecule has 0 bridgehead atoms. The Bertz CT molecular complexity index is 870. The highest BCUT2D eigenvalue weighted by Crippen LogP contribution is 2.32. The van der Waals surface area contributed by atoms with Gasteiger partial charge in [0.25, 0.3) is 0 Å². The van der Waals surface area contributed by atoms with E-state index in [2.05, 4.69) is 31.2 Å². The van der Waals surface area contributed by atoms with Crippen molar-refractivity contribution in [3.05, 3.63) is 22.1 Å². The van der Waals surface area contributed by atoms with Crippen molar-refractivity contribution >= 4 is 60.6 Å². The number of amides is 1. The molecule has 0 radical (unpaired) electrons. The zero-order valence-corrected chi connectivity index (χ0v) is 17.6. The van der Waals surface area contributed by atoms with Crippen molar-refractivity contribution in [1.29, 1.82) is 0 Å². The van der Waals surface area contributed by atoms with E-state index in [9.17, 15) is 13.2 Å². The molecule has 136 valence electrons. The van der Waals surface area contributed by atoms with Crippen LogP contribution in [0.2, 0.25) is 0 Å². The van der Waals surface area contributed by atoms with E-state index in [0.29, 0.717) is 3.79 Å². The molecular weight excluding hydrogens is 448 g/mol. The largest absolute Gasteiger partial charge is 0.382 e. The summed E-state index contributed by atoms with van der Waals surface area (Å²) in [6.45, 7) is 3.90. The van der Waals surface area contributed by atoms with Crippen molar-refractivity contribution in [2.24, 2.45) is 0 Å². The number of carbonyl (C=O) groups excluding carboxylic acids is 1. The van der Waals surface area contributed by atoms with Crippen LogP contribution in [-0.4, -0.2) is 36.1 Å². The van der Waals surface area contributed by atoms with E-state index < -0.39 is 9.84 Å². The molecule has 0 fully saturated rings. The van der Waals surface area contributed by atoms with Crippen LogP contribution in [0.1, 0.15) is 20.3 Å². The number of hydrogen-bond donors (Lipinski definition) is 2. The average Bonchev–Trinajstić information content (AvgIpc) is 3.00. The summed E-state index contributed by atoms with van der Waals surface area (Å²) in [6, 6.07) is 3.23. The molecule has 2 heterocycles. The number of nitrogens with zero attached hydrogens (tertiary/aromatic N) is 2. The number of nitrogens with two attached hydrogens (primary N) is 1. The van der Waals surface area contributed by atoms with Gasteiger partial charge >= 0.3 is 0 Å². The number of halogens is 1. The number of rotatable bonds is 7. The molecule has 1 amide bonds. The highest BCUT2D eigenvalue weighted by atomic mass is 79.9. The SMILES string of the molecule is CCC(C)NC(=O)CSc1ncc(S(=O)(=O)c2ccc(Br)s2)c(N)n1. The second-order valence-corrected chi connectivity index (χ2v) is 10.7. The Labute approximate surface area is 162 Å². The van der Waals surface area contributed by atoms with Crippen molar-refractivity contribution in [1.82, 2.24) is 15.3 Å². The molecule has 0 aliphatic heterocycles. The third-order valence-corrected chi connectivity index (χ3v) is 7.96. The summed E-state index contributed by atoms with van der Waals surface area (Å²) in [5.74, 6) is -0.140. The lowest BCUT2D eigenvalue weighted by Gasteiger charge is -2.11. The van der Waals surface area contributed by atoms with Crippen molar-refractivity contribution < 1.29 is 13.2 Å². The molecule has 2 aromatic heterocycles. The Morgan fingerprint density at radius 1 is 1.48 bits per heavy atom. The third-order valence-electron chi connectivity index (χ3n) is 3.22. The number of carbonyl (C=O) groups is 1. The van der Waals surface area contributed by atoms with Gasteiger partial charge in [0.2, 0.25) is 15.7 Å². The maximum Gasteiger partial charge on any atom is 0.230 e. The highest BCUT2D eigenvalue weighted by molar-refractivity contribution is 9.11. The fourth-order valence-corrected chi connectivity index (χ4v) is 5.77. The molecule has 7 nitrogen and oxygen atoms in total. The van der Waals surface area contributed by atoms with Crippen LogP contribution in [0.3, 0.4) is 0 Å². The van der Waals surface area contributed by atoms with Crippen LogP contribution < -0.4 is 11.1 Å². The van der Waals surface area contributed by atoms with Gasteiger partial charge in [-0.1, -0.05) is 18.7 Å². The summed E-state index contributed by atoms with van der Waals surface area (Å²) in [6.07, 6.45) is 2.02. The number of sulfone groups is 1. The predicted molar refractivity (Wildman–Crippen MR) is 103 cm³/mol. The second kappa shape index (κ2) is 8.47. The maximum atomic E-state index is 12.6. The van der Waals surface area contributed by atoms with Crippen LogP contribution >= 0.6 is 39.0 Å². The number of nitrogen functional groups attached to an aromatic ring is 1. The first-order valence-corrected chi connectivity index (χ1v) is 11.4.